The average Bonchev–Trinajstić information content (AvgIpc) is 2.85. The number of piperidine rings is 1. The molecule has 1 aliphatic carbocycles. The molecule has 7 heteroatoms. The molecular formula is C20H22N2O4S. The molecule has 0 unspecified atom stereocenters. The van der Waals surface area contributed by atoms with Gasteiger partial charge in [-0.3, -0.25) is 4.98 Å². The van der Waals surface area contributed by atoms with Gasteiger partial charge >= 0.3 is 10.4 Å². The lowest BCUT2D eigenvalue weighted by Gasteiger charge is -2.22. The van der Waals surface area contributed by atoms with E-state index in [4.69, 9.17) is 9.17 Å². The van der Waals surface area contributed by atoms with Crippen LogP contribution in [0.15, 0.2) is 42.1 Å². The maximum Gasteiger partial charge on any atom is 0.448 e. The molecule has 0 saturated carbocycles. The van der Waals surface area contributed by atoms with Crippen LogP contribution in [0.25, 0.3) is 5.57 Å². The van der Waals surface area contributed by atoms with Crippen LogP contribution >= 0.6 is 0 Å². The van der Waals surface area contributed by atoms with Crippen LogP contribution in [0, 0.1) is 0 Å². The molecule has 1 aromatic carbocycles. The summed E-state index contributed by atoms with van der Waals surface area (Å²) in [5.41, 5.74) is 7.05. The van der Waals surface area contributed by atoms with E-state index >= 15 is 0 Å². The fraction of sp³-hybridized carbons (Fsp3) is 0.350. The Bertz CT molecular complexity index is 991. The molecule has 1 saturated heterocycles. The maximum absolute atomic E-state index is 11.6. The lowest BCUT2D eigenvalue weighted by molar-refractivity contribution is 0.330. The van der Waals surface area contributed by atoms with Gasteiger partial charge in [-0.2, -0.15) is 8.42 Å². The summed E-state index contributed by atoms with van der Waals surface area (Å²) in [7, 11) is -2.94. The standard InChI is InChI=1S/C20H22N2O4S/c1-25-27(23,24)26-17-6-7-18-16(13-17)5-4-15-3-2-10-22-20(15)19(18)14-8-11-21-12-9-14/h2-3,6-7,10,13,21H,4-5,8-9,11-12H2,1H3. The molecule has 2 aromatic rings. The van der Waals surface area contributed by atoms with Crippen molar-refractivity contribution < 1.29 is 16.8 Å². The Morgan fingerprint density at radius 1 is 1.04 bits per heavy atom. The van der Waals surface area contributed by atoms with Crippen LogP contribution in [0.1, 0.15) is 35.2 Å². The molecule has 0 bridgehead atoms. The predicted octanol–water partition coefficient (Wildman–Crippen LogP) is 2.64. The summed E-state index contributed by atoms with van der Waals surface area (Å²) in [6.45, 7) is 1.92. The third-order valence-corrected chi connectivity index (χ3v) is 5.91. The summed E-state index contributed by atoms with van der Waals surface area (Å²) in [6, 6.07) is 9.54. The minimum absolute atomic E-state index is 0.268. The van der Waals surface area contributed by atoms with Gasteiger partial charge in [0.1, 0.15) is 5.75 Å². The summed E-state index contributed by atoms with van der Waals surface area (Å²) in [4.78, 5) is 4.70. The van der Waals surface area contributed by atoms with Crippen LogP contribution in [0.5, 0.6) is 5.75 Å². The minimum atomic E-state index is -4.03. The van der Waals surface area contributed by atoms with E-state index in [1.165, 1.54) is 16.7 Å². The second-order valence-corrected chi connectivity index (χ2v) is 8.03. The van der Waals surface area contributed by atoms with Crippen LogP contribution in [0.4, 0.5) is 0 Å². The van der Waals surface area contributed by atoms with Crippen LogP contribution in [0.3, 0.4) is 0 Å². The summed E-state index contributed by atoms with van der Waals surface area (Å²) in [5.74, 6) is 0.268. The molecule has 27 heavy (non-hydrogen) atoms. The van der Waals surface area contributed by atoms with Gasteiger partial charge in [-0.15, -0.1) is 0 Å². The first-order valence-electron chi connectivity index (χ1n) is 9.08. The summed E-state index contributed by atoms with van der Waals surface area (Å²) >= 11 is 0. The zero-order valence-corrected chi connectivity index (χ0v) is 16.0. The quantitative estimate of drug-likeness (QED) is 0.874. The summed E-state index contributed by atoms with van der Waals surface area (Å²) < 4.78 is 32.7. The Hall–Kier alpha value is -2.22. The number of hydrogen-bond donors (Lipinski definition) is 1. The topological polar surface area (TPSA) is 77.5 Å². The predicted molar refractivity (Wildman–Crippen MR) is 103 cm³/mol. The van der Waals surface area contributed by atoms with E-state index in [2.05, 4.69) is 15.6 Å². The molecular weight excluding hydrogens is 364 g/mol. The van der Waals surface area contributed by atoms with Gasteiger partial charge in [0, 0.05) is 11.8 Å². The number of aromatic nitrogens is 1. The Labute approximate surface area is 159 Å². The van der Waals surface area contributed by atoms with E-state index < -0.39 is 10.4 Å². The molecule has 1 N–H and O–H groups in total. The van der Waals surface area contributed by atoms with Crippen LogP contribution in [0.2, 0.25) is 0 Å². The van der Waals surface area contributed by atoms with Gasteiger partial charge in [-0.25, -0.2) is 4.18 Å². The van der Waals surface area contributed by atoms with Gasteiger partial charge in [0.25, 0.3) is 0 Å². The number of hydrogen-bond acceptors (Lipinski definition) is 6. The number of pyridine rings is 1. The lowest BCUT2D eigenvalue weighted by Crippen LogP contribution is -2.24. The highest BCUT2D eigenvalue weighted by Crippen LogP contribution is 2.38. The van der Waals surface area contributed by atoms with E-state index in [9.17, 15) is 8.42 Å². The van der Waals surface area contributed by atoms with Crippen molar-refractivity contribution in [3.8, 4) is 5.75 Å². The van der Waals surface area contributed by atoms with Crippen molar-refractivity contribution in [3.05, 3.63) is 64.5 Å². The van der Waals surface area contributed by atoms with Crippen molar-refractivity contribution in [3.63, 3.8) is 0 Å². The number of rotatable bonds is 3. The number of aryl methyl sites for hydroxylation is 2. The maximum atomic E-state index is 11.6. The van der Waals surface area contributed by atoms with Crippen molar-refractivity contribution in [1.82, 2.24) is 10.3 Å². The monoisotopic (exact) mass is 386 g/mol. The van der Waals surface area contributed by atoms with Crippen molar-refractivity contribution in [2.45, 2.75) is 25.7 Å². The van der Waals surface area contributed by atoms with Gasteiger partial charge in [-0.05, 0) is 73.7 Å². The first-order chi connectivity index (χ1) is 13.1. The number of nitrogens with one attached hydrogen (secondary N) is 1. The molecule has 1 fully saturated rings. The SMILES string of the molecule is COS(=O)(=O)Oc1ccc2c(c1)CCc1cccnc1C2=C1CCNCC1. The average molecular weight is 386 g/mol. The van der Waals surface area contributed by atoms with E-state index in [1.807, 2.05) is 18.3 Å². The highest BCUT2D eigenvalue weighted by molar-refractivity contribution is 7.82. The zero-order chi connectivity index (χ0) is 18.9. The van der Waals surface area contributed by atoms with Gasteiger partial charge in [0.15, 0.2) is 0 Å². The molecule has 4 rings (SSSR count). The molecule has 0 spiro atoms. The van der Waals surface area contributed by atoms with E-state index in [-0.39, 0.29) is 5.75 Å². The fourth-order valence-corrected chi connectivity index (χ4v) is 4.23. The van der Waals surface area contributed by atoms with Gasteiger partial charge < -0.3 is 9.50 Å². The summed E-state index contributed by atoms with van der Waals surface area (Å²) in [6.07, 6.45) is 5.47. The molecule has 0 atom stereocenters. The molecule has 0 amide bonds. The lowest BCUT2D eigenvalue weighted by atomic mass is 9.89. The van der Waals surface area contributed by atoms with Crippen molar-refractivity contribution in [2.75, 3.05) is 20.2 Å². The molecule has 1 aromatic heterocycles. The van der Waals surface area contributed by atoms with Gasteiger partial charge in [-0.1, -0.05) is 17.7 Å². The Balaban J connectivity index is 1.84. The molecule has 6 nitrogen and oxygen atoms in total. The molecule has 2 heterocycles. The van der Waals surface area contributed by atoms with Crippen molar-refractivity contribution >= 4 is 16.0 Å². The molecule has 142 valence electrons. The molecule has 0 radical (unpaired) electrons. The number of benzene rings is 1. The largest absolute Gasteiger partial charge is 0.448 e. The normalized spacial score (nSPS) is 17.1. The van der Waals surface area contributed by atoms with Crippen molar-refractivity contribution in [2.24, 2.45) is 0 Å². The van der Waals surface area contributed by atoms with Crippen LogP contribution < -0.4 is 9.50 Å². The Kier molecular flexibility index (Phi) is 4.99. The highest BCUT2D eigenvalue weighted by atomic mass is 32.3. The van der Waals surface area contributed by atoms with E-state index in [0.717, 1.165) is 62.7 Å². The second kappa shape index (κ2) is 7.42. The highest BCUT2D eigenvalue weighted by Gasteiger charge is 2.24. The Morgan fingerprint density at radius 2 is 1.81 bits per heavy atom. The van der Waals surface area contributed by atoms with Crippen LogP contribution in [-0.4, -0.2) is 33.6 Å². The van der Waals surface area contributed by atoms with Crippen LogP contribution in [-0.2, 0) is 27.4 Å². The molecule has 2 aliphatic rings. The third kappa shape index (κ3) is 3.76. The molecule has 1 aliphatic heterocycles. The van der Waals surface area contributed by atoms with Gasteiger partial charge in [0.2, 0.25) is 0 Å². The number of nitrogens with zero attached hydrogens (tertiary/aromatic N) is 1. The van der Waals surface area contributed by atoms with E-state index in [1.54, 1.807) is 12.1 Å². The third-order valence-electron chi connectivity index (χ3n) is 5.10. The Morgan fingerprint density at radius 3 is 2.59 bits per heavy atom. The minimum Gasteiger partial charge on any atom is -0.362 e. The van der Waals surface area contributed by atoms with E-state index in [0.29, 0.717) is 0 Å². The second-order valence-electron chi connectivity index (χ2n) is 6.72. The fourth-order valence-electron chi connectivity index (χ4n) is 3.82. The first-order valence-corrected chi connectivity index (χ1v) is 10.4. The summed E-state index contributed by atoms with van der Waals surface area (Å²) in [5, 5.41) is 3.40. The number of fused-ring (bicyclic) bond motifs is 2. The smallest absolute Gasteiger partial charge is 0.362 e. The zero-order valence-electron chi connectivity index (χ0n) is 15.2. The van der Waals surface area contributed by atoms with Crippen molar-refractivity contribution in [1.29, 1.82) is 0 Å². The van der Waals surface area contributed by atoms with Gasteiger partial charge in [0.05, 0.1) is 12.8 Å². The first kappa shape index (κ1) is 18.2.